The number of rotatable bonds is 7. The Morgan fingerprint density at radius 3 is 2.59 bits per heavy atom. The topological polar surface area (TPSA) is 70.7 Å². The van der Waals surface area contributed by atoms with Crippen LogP contribution in [0.1, 0.15) is 49.3 Å². The first kappa shape index (κ1) is 23.6. The van der Waals surface area contributed by atoms with E-state index >= 15 is 0 Å². The molecule has 2 aromatic rings. The number of nitrogens with one attached hydrogen (secondary N) is 2. The van der Waals surface area contributed by atoms with E-state index in [0.29, 0.717) is 19.0 Å². The number of amides is 3. The van der Waals surface area contributed by atoms with Gasteiger partial charge in [-0.3, -0.25) is 4.79 Å². The Balaban J connectivity index is 1.45. The molecule has 0 saturated carbocycles. The number of ether oxygens (including phenoxy) is 1. The van der Waals surface area contributed by atoms with Crippen LogP contribution in [0.25, 0.3) is 0 Å². The molecule has 1 aliphatic rings. The second kappa shape index (κ2) is 11.0. The standard InChI is InChI=1S/C26H35N3O3/c1-18(2)22-10-9-20(4)24(14-22)32-17-25(30)29-13-5-6-21(16-29)15-27-26(31)28-23-11-7-19(3)8-12-23/h7-12,14,18,21H,5-6,13,15-17H2,1-4H3,(H2,27,28,31). The van der Waals surface area contributed by atoms with E-state index in [4.69, 9.17) is 4.74 Å². The van der Waals surface area contributed by atoms with Gasteiger partial charge in [0.2, 0.25) is 0 Å². The molecule has 1 heterocycles. The summed E-state index contributed by atoms with van der Waals surface area (Å²) < 4.78 is 5.88. The lowest BCUT2D eigenvalue weighted by Gasteiger charge is -2.33. The molecule has 6 heteroatoms. The van der Waals surface area contributed by atoms with E-state index in [0.717, 1.165) is 42.0 Å². The number of carbonyl (C=O) groups is 2. The molecule has 3 amide bonds. The molecule has 0 bridgehead atoms. The van der Waals surface area contributed by atoms with Crippen LogP contribution in [0.2, 0.25) is 0 Å². The minimum absolute atomic E-state index is 0.00634. The molecule has 0 spiro atoms. The highest BCUT2D eigenvalue weighted by molar-refractivity contribution is 5.89. The highest BCUT2D eigenvalue weighted by Gasteiger charge is 2.24. The van der Waals surface area contributed by atoms with E-state index in [2.05, 4.69) is 30.5 Å². The van der Waals surface area contributed by atoms with Gasteiger partial charge in [-0.25, -0.2) is 4.79 Å². The molecule has 0 aromatic heterocycles. The van der Waals surface area contributed by atoms with Gasteiger partial charge in [-0.2, -0.15) is 0 Å². The van der Waals surface area contributed by atoms with Crippen LogP contribution in [0.4, 0.5) is 10.5 Å². The van der Waals surface area contributed by atoms with Crippen LogP contribution in [-0.4, -0.2) is 43.1 Å². The SMILES string of the molecule is Cc1ccc(NC(=O)NCC2CCCN(C(=O)COc3cc(C(C)C)ccc3C)C2)cc1. The maximum atomic E-state index is 12.8. The molecule has 2 N–H and O–H groups in total. The van der Waals surface area contributed by atoms with Crippen molar-refractivity contribution in [1.29, 1.82) is 0 Å². The van der Waals surface area contributed by atoms with Crippen molar-refractivity contribution < 1.29 is 14.3 Å². The molecular weight excluding hydrogens is 402 g/mol. The molecule has 32 heavy (non-hydrogen) atoms. The number of hydrogen-bond donors (Lipinski definition) is 2. The van der Waals surface area contributed by atoms with Crippen LogP contribution >= 0.6 is 0 Å². The van der Waals surface area contributed by atoms with E-state index < -0.39 is 0 Å². The van der Waals surface area contributed by atoms with Crippen LogP contribution in [-0.2, 0) is 4.79 Å². The van der Waals surface area contributed by atoms with Gasteiger partial charge in [-0.05, 0) is 67.9 Å². The van der Waals surface area contributed by atoms with E-state index in [-0.39, 0.29) is 24.5 Å². The summed E-state index contributed by atoms with van der Waals surface area (Å²) in [6.07, 6.45) is 1.92. The summed E-state index contributed by atoms with van der Waals surface area (Å²) in [7, 11) is 0. The highest BCUT2D eigenvalue weighted by Crippen LogP contribution is 2.24. The Kier molecular flexibility index (Phi) is 8.14. The van der Waals surface area contributed by atoms with E-state index in [9.17, 15) is 9.59 Å². The Morgan fingerprint density at radius 2 is 1.88 bits per heavy atom. The lowest BCUT2D eigenvalue weighted by Crippen LogP contribution is -2.45. The fraction of sp³-hybridized carbons (Fsp3) is 0.462. The Bertz CT molecular complexity index is 924. The van der Waals surface area contributed by atoms with Gasteiger partial charge >= 0.3 is 6.03 Å². The van der Waals surface area contributed by atoms with E-state index in [1.54, 1.807) is 0 Å². The summed E-state index contributed by atoms with van der Waals surface area (Å²) in [4.78, 5) is 26.8. The smallest absolute Gasteiger partial charge is 0.319 e. The van der Waals surface area contributed by atoms with Crippen LogP contribution < -0.4 is 15.4 Å². The van der Waals surface area contributed by atoms with Crippen molar-refractivity contribution in [2.24, 2.45) is 5.92 Å². The van der Waals surface area contributed by atoms with Gasteiger partial charge in [0.25, 0.3) is 5.91 Å². The summed E-state index contributed by atoms with van der Waals surface area (Å²) in [6.45, 7) is 10.2. The second-order valence-electron chi connectivity index (χ2n) is 9.02. The number of carbonyl (C=O) groups excluding carboxylic acids is 2. The zero-order valence-electron chi connectivity index (χ0n) is 19.6. The summed E-state index contributed by atoms with van der Waals surface area (Å²) in [5.74, 6) is 1.41. The third-order valence-corrected chi connectivity index (χ3v) is 5.96. The lowest BCUT2D eigenvalue weighted by atomic mass is 9.98. The molecule has 1 aliphatic heterocycles. The number of urea groups is 1. The van der Waals surface area contributed by atoms with Crippen LogP contribution in [0.5, 0.6) is 5.75 Å². The zero-order valence-corrected chi connectivity index (χ0v) is 19.6. The molecule has 172 valence electrons. The third-order valence-electron chi connectivity index (χ3n) is 5.96. The highest BCUT2D eigenvalue weighted by atomic mass is 16.5. The summed E-state index contributed by atoms with van der Waals surface area (Å²) in [6, 6.07) is 13.6. The van der Waals surface area contributed by atoms with E-state index in [1.807, 2.05) is 55.1 Å². The van der Waals surface area contributed by atoms with Crippen molar-refractivity contribution >= 4 is 17.6 Å². The average Bonchev–Trinajstić information content (AvgIpc) is 2.78. The van der Waals surface area contributed by atoms with Crippen molar-refractivity contribution in [3.63, 3.8) is 0 Å². The largest absolute Gasteiger partial charge is 0.483 e. The van der Waals surface area contributed by atoms with Crippen molar-refractivity contribution in [3.8, 4) is 5.75 Å². The first-order valence-corrected chi connectivity index (χ1v) is 11.4. The predicted molar refractivity (Wildman–Crippen MR) is 128 cm³/mol. The molecule has 1 unspecified atom stereocenters. The number of piperidine rings is 1. The Morgan fingerprint density at radius 1 is 1.12 bits per heavy atom. The number of benzene rings is 2. The van der Waals surface area contributed by atoms with Gasteiger partial charge in [0.15, 0.2) is 6.61 Å². The summed E-state index contributed by atoms with van der Waals surface area (Å²) in [5, 5.41) is 5.79. The van der Waals surface area contributed by atoms with Crippen LogP contribution in [0.3, 0.4) is 0 Å². The summed E-state index contributed by atoms with van der Waals surface area (Å²) in [5.41, 5.74) is 4.14. The van der Waals surface area contributed by atoms with Crippen molar-refractivity contribution in [2.45, 2.75) is 46.5 Å². The maximum absolute atomic E-state index is 12.8. The molecule has 0 radical (unpaired) electrons. The molecule has 2 aromatic carbocycles. The van der Waals surface area contributed by atoms with Crippen LogP contribution in [0, 0.1) is 19.8 Å². The summed E-state index contributed by atoms with van der Waals surface area (Å²) >= 11 is 0. The minimum atomic E-state index is -0.221. The normalized spacial score (nSPS) is 16.0. The van der Waals surface area contributed by atoms with Gasteiger partial charge < -0.3 is 20.3 Å². The van der Waals surface area contributed by atoms with Crippen molar-refractivity contribution in [2.75, 3.05) is 31.6 Å². The second-order valence-corrected chi connectivity index (χ2v) is 9.02. The first-order valence-electron chi connectivity index (χ1n) is 11.4. The maximum Gasteiger partial charge on any atom is 0.319 e. The zero-order chi connectivity index (χ0) is 23.1. The number of hydrogen-bond acceptors (Lipinski definition) is 3. The Hall–Kier alpha value is -3.02. The fourth-order valence-corrected chi connectivity index (χ4v) is 3.87. The molecule has 0 aliphatic carbocycles. The number of aryl methyl sites for hydroxylation is 2. The van der Waals surface area contributed by atoms with Crippen molar-refractivity contribution in [1.82, 2.24) is 10.2 Å². The minimum Gasteiger partial charge on any atom is -0.483 e. The molecule has 1 fully saturated rings. The number of anilines is 1. The van der Waals surface area contributed by atoms with Gasteiger partial charge in [0.05, 0.1) is 0 Å². The van der Waals surface area contributed by atoms with E-state index in [1.165, 1.54) is 5.56 Å². The third kappa shape index (κ3) is 6.74. The molecule has 6 nitrogen and oxygen atoms in total. The number of likely N-dealkylation sites (tertiary alicyclic amines) is 1. The average molecular weight is 438 g/mol. The van der Waals surface area contributed by atoms with Crippen LogP contribution in [0.15, 0.2) is 42.5 Å². The Labute approximate surface area is 191 Å². The first-order chi connectivity index (χ1) is 15.3. The fourth-order valence-electron chi connectivity index (χ4n) is 3.87. The predicted octanol–water partition coefficient (Wildman–Crippen LogP) is 4.87. The molecule has 3 rings (SSSR count). The number of nitrogens with zero attached hydrogens (tertiary/aromatic N) is 1. The van der Waals surface area contributed by atoms with Gasteiger partial charge in [-0.1, -0.05) is 43.7 Å². The lowest BCUT2D eigenvalue weighted by molar-refractivity contribution is -0.135. The molecular formula is C26H35N3O3. The van der Waals surface area contributed by atoms with Gasteiger partial charge in [-0.15, -0.1) is 0 Å². The van der Waals surface area contributed by atoms with Crippen molar-refractivity contribution in [3.05, 3.63) is 59.2 Å². The quantitative estimate of drug-likeness (QED) is 0.649. The van der Waals surface area contributed by atoms with Gasteiger partial charge in [0.1, 0.15) is 5.75 Å². The monoisotopic (exact) mass is 437 g/mol. The molecule has 1 saturated heterocycles. The molecule has 1 atom stereocenters. The van der Waals surface area contributed by atoms with Gasteiger partial charge in [0, 0.05) is 25.3 Å².